The molecule has 0 bridgehead atoms. The smallest absolute Gasteiger partial charge is 0.181 e. The van der Waals surface area contributed by atoms with Gasteiger partial charge in [0, 0.05) is 20.5 Å². The van der Waals surface area contributed by atoms with Crippen LogP contribution in [-0.2, 0) is 4.74 Å². The zero-order valence-corrected chi connectivity index (χ0v) is 13.4. The van der Waals surface area contributed by atoms with Crippen LogP contribution in [0, 0.1) is 0 Å². The highest BCUT2D eigenvalue weighted by molar-refractivity contribution is 5.70. The van der Waals surface area contributed by atoms with Gasteiger partial charge in [-0.15, -0.1) is 0 Å². The molecule has 1 aliphatic rings. The number of nitrogens with zero attached hydrogens (tertiary/aromatic N) is 5. The fraction of sp³-hybridized carbons (Fsp3) is 0.533. The third kappa shape index (κ3) is 2.92. The number of aromatic nitrogens is 3. The Kier molecular flexibility index (Phi) is 4.05. The third-order valence-corrected chi connectivity index (χ3v) is 3.88. The molecule has 1 aliphatic heterocycles. The Bertz CT molecular complexity index is 725. The standard InChI is InChI=1S/C15H21N5O3/c1-15(22)6-10(7-21)23-13(15)11-4-5-12-14(17-9-19(2)3)16-8-18-20(11)12/h4-5,8-10,13,21-22H,6-7H2,1-3H3/b17-9+/t10-,13-,15+/m0/s1. The van der Waals surface area contributed by atoms with E-state index in [-0.39, 0.29) is 12.7 Å². The lowest BCUT2D eigenvalue weighted by atomic mass is 9.94. The summed E-state index contributed by atoms with van der Waals surface area (Å²) in [4.78, 5) is 10.3. The van der Waals surface area contributed by atoms with Gasteiger partial charge in [-0.2, -0.15) is 5.10 Å². The van der Waals surface area contributed by atoms with Gasteiger partial charge in [0.2, 0.25) is 0 Å². The van der Waals surface area contributed by atoms with E-state index < -0.39 is 11.7 Å². The molecule has 0 saturated carbocycles. The Balaban J connectivity index is 2.02. The average molecular weight is 319 g/mol. The van der Waals surface area contributed by atoms with Crippen molar-refractivity contribution >= 4 is 17.7 Å². The molecule has 0 aromatic carbocycles. The van der Waals surface area contributed by atoms with E-state index in [1.165, 1.54) is 6.33 Å². The molecule has 3 heterocycles. The predicted molar refractivity (Wildman–Crippen MR) is 84.8 cm³/mol. The van der Waals surface area contributed by atoms with Crippen LogP contribution in [0.3, 0.4) is 0 Å². The van der Waals surface area contributed by atoms with E-state index in [0.29, 0.717) is 17.9 Å². The van der Waals surface area contributed by atoms with Crippen molar-refractivity contribution in [2.75, 3.05) is 20.7 Å². The Hall–Kier alpha value is -2.03. The number of aliphatic hydroxyl groups is 2. The molecule has 0 aliphatic carbocycles. The molecule has 2 N–H and O–H groups in total. The van der Waals surface area contributed by atoms with Crippen LogP contribution in [0.2, 0.25) is 0 Å². The van der Waals surface area contributed by atoms with Gasteiger partial charge in [0.05, 0.1) is 30.3 Å². The highest BCUT2D eigenvalue weighted by Gasteiger charge is 2.45. The molecule has 2 aromatic rings. The van der Waals surface area contributed by atoms with Crippen molar-refractivity contribution in [3.8, 4) is 0 Å². The quantitative estimate of drug-likeness (QED) is 0.630. The second kappa shape index (κ2) is 5.88. The SMILES string of the molecule is CN(C)/C=N/c1ncnn2c([C@@H]3O[C@H](CO)C[C@@]3(C)O)ccc12. The Morgan fingerprint density at radius 1 is 1.52 bits per heavy atom. The molecule has 1 fully saturated rings. The summed E-state index contributed by atoms with van der Waals surface area (Å²) in [5, 5.41) is 24.2. The molecule has 23 heavy (non-hydrogen) atoms. The summed E-state index contributed by atoms with van der Waals surface area (Å²) < 4.78 is 7.46. The van der Waals surface area contributed by atoms with E-state index in [1.807, 2.05) is 31.1 Å². The van der Waals surface area contributed by atoms with Crippen molar-refractivity contribution in [1.29, 1.82) is 0 Å². The zero-order chi connectivity index (χ0) is 16.6. The minimum atomic E-state index is -1.07. The Morgan fingerprint density at radius 3 is 2.96 bits per heavy atom. The van der Waals surface area contributed by atoms with Crippen molar-refractivity contribution < 1.29 is 14.9 Å². The first-order chi connectivity index (χ1) is 10.9. The Labute approximate surface area is 134 Å². The summed E-state index contributed by atoms with van der Waals surface area (Å²) in [5.41, 5.74) is 0.372. The van der Waals surface area contributed by atoms with E-state index in [9.17, 15) is 10.2 Å². The fourth-order valence-corrected chi connectivity index (χ4v) is 2.86. The molecular weight excluding hydrogens is 298 g/mol. The largest absolute Gasteiger partial charge is 0.394 e. The fourth-order valence-electron chi connectivity index (χ4n) is 2.86. The number of hydrogen-bond donors (Lipinski definition) is 2. The molecule has 3 rings (SSSR count). The normalized spacial score (nSPS) is 28.0. The lowest BCUT2D eigenvalue weighted by Crippen LogP contribution is -2.29. The third-order valence-electron chi connectivity index (χ3n) is 3.88. The van der Waals surface area contributed by atoms with Crippen LogP contribution in [0.25, 0.3) is 5.52 Å². The van der Waals surface area contributed by atoms with E-state index >= 15 is 0 Å². The Morgan fingerprint density at radius 2 is 2.30 bits per heavy atom. The first-order valence-corrected chi connectivity index (χ1v) is 7.44. The summed E-state index contributed by atoms with van der Waals surface area (Å²) in [7, 11) is 3.76. The number of ether oxygens (including phenoxy) is 1. The molecule has 0 amide bonds. The maximum Gasteiger partial charge on any atom is 0.181 e. The molecule has 3 atom stereocenters. The van der Waals surface area contributed by atoms with Crippen LogP contribution in [0.5, 0.6) is 0 Å². The zero-order valence-electron chi connectivity index (χ0n) is 13.4. The van der Waals surface area contributed by atoms with E-state index in [0.717, 1.165) is 5.52 Å². The summed E-state index contributed by atoms with van der Waals surface area (Å²) in [6, 6.07) is 3.70. The first-order valence-electron chi connectivity index (χ1n) is 7.44. The maximum absolute atomic E-state index is 10.6. The van der Waals surface area contributed by atoms with E-state index in [2.05, 4.69) is 15.1 Å². The molecule has 2 aromatic heterocycles. The minimum Gasteiger partial charge on any atom is -0.394 e. The van der Waals surface area contributed by atoms with Gasteiger partial charge in [-0.05, 0) is 19.1 Å². The molecule has 1 saturated heterocycles. The number of rotatable bonds is 4. The summed E-state index contributed by atoms with van der Waals surface area (Å²) >= 11 is 0. The average Bonchev–Trinajstić information content (AvgIpc) is 3.05. The second-order valence-corrected chi connectivity index (χ2v) is 6.23. The predicted octanol–water partition coefficient (Wildman–Crippen LogP) is 0.524. The van der Waals surface area contributed by atoms with Gasteiger partial charge in [-0.25, -0.2) is 14.5 Å². The second-order valence-electron chi connectivity index (χ2n) is 6.23. The topological polar surface area (TPSA) is 95.5 Å². The van der Waals surface area contributed by atoms with Gasteiger partial charge in [0.25, 0.3) is 0 Å². The van der Waals surface area contributed by atoms with Crippen LogP contribution in [0.15, 0.2) is 23.5 Å². The van der Waals surface area contributed by atoms with Crippen molar-refractivity contribution in [1.82, 2.24) is 19.5 Å². The van der Waals surface area contributed by atoms with Crippen LogP contribution in [0.4, 0.5) is 5.82 Å². The van der Waals surface area contributed by atoms with Gasteiger partial charge < -0.3 is 19.8 Å². The molecule has 8 nitrogen and oxygen atoms in total. The summed E-state index contributed by atoms with van der Waals surface area (Å²) in [6.45, 7) is 1.59. The van der Waals surface area contributed by atoms with Crippen molar-refractivity contribution in [3.05, 3.63) is 24.2 Å². The summed E-state index contributed by atoms with van der Waals surface area (Å²) in [5.74, 6) is 0.538. The number of aliphatic imine (C=N–C) groups is 1. The van der Waals surface area contributed by atoms with Gasteiger partial charge in [-0.3, -0.25) is 0 Å². The molecule has 0 unspecified atom stereocenters. The van der Waals surface area contributed by atoms with Gasteiger partial charge in [0.15, 0.2) is 5.82 Å². The van der Waals surface area contributed by atoms with Crippen LogP contribution in [-0.4, -0.2) is 68.5 Å². The maximum atomic E-state index is 10.6. The van der Waals surface area contributed by atoms with Crippen molar-refractivity contribution in [2.24, 2.45) is 4.99 Å². The molecule has 124 valence electrons. The highest BCUT2D eigenvalue weighted by Crippen LogP contribution is 2.41. The molecular formula is C15H21N5O3. The van der Waals surface area contributed by atoms with Crippen LogP contribution < -0.4 is 0 Å². The number of hydrogen-bond acceptors (Lipinski definition) is 6. The number of fused-ring (bicyclic) bond motifs is 1. The van der Waals surface area contributed by atoms with Crippen molar-refractivity contribution in [2.45, 2.75) is 31.2 Å². The lowest BCUT2D eigenvalue weighted by molar-refractivity contribution is -0.0495. The molecule has 8 heteroatoms. The van der Waals surface area contributed by atoms with Gasteiger partial charge in [0.1, 0.15) is 17.9 Å². The van der Waals surface area contributed by atoms with Crippen molar-refractivity contribution in [3.63, 3.8) is 0 Å². The first kappa shape index (κ1) is 15.9. The van der Waals surface area contributed by atoms with E-state index in [1.54, 1.807) is 17.8 Å². The molecule has 0 spiro atoms. The minimum absolute atomic E-state index is 0.122. The van der Waals surface area contributed by atoms with Gasteiger partial charge >= 0.3 is 0 Å². The van der Waals surface area contributed by atoms with E-state index in [4.69, 9.17) is 4.74 Å². The molecule has 0 radical (unpaired) electrons. The van der Waals surface area contributed by atoms with Crippen LogP contribution >= 0.6 is 0 Å². The monoisotopic (exact) mass is 319 g/mol. The van der Waals surface area contributed by atoms with Gasteiger partial charge in [-0.1, -0.05) is 0 Å². The lowest BCUT2D eigenvalue weighted by Gasteiger charge is -2.23. The van der Waals surface area contributed by atoms with Crippen LogP contribution in [0.1, 0.15) is 25.1 Å². The highest BCUT2D eigenvalue weighted by atomic mass is 16.5. The summed E-state index contributed by atoms with van der Waals surface area (Å²) in [6.07, 6.45) is 2.51. The number of aliphatic hydroxyl groups excluding tert-OH is 1.